The minimum Gasteiger partial charge on any atom is -0.325 e. The van der Waals surface area contributed by atoms with Crippen LogP contribution in [-0.4, -0.2) is 34.9 Å². The van der Waals surface area contributed by atoms with E-state index in [0.29, 0.717) is 0 Å². The first kappa shape index (κ1) is 17.2. The first-order chi connectivity index (χ1) is 12.7. The number of thiazole rings is 1. The van der Waals surface area contributed by atoms with Crippen molar-refractivity contribution in [1.82, 2.24) is 9.88 Å². The fraction of sp³-hybridized carbons (Fsp3) is 0.333. The van der Waals surface area contributed by atoms with E-state index in [9.17, 15) is 4.79 Å². The largest absolute Gasteiger partial charge is 0.325 e. The molecule has 0 spiro atoms. The van der Waals surface area contributed by atoms with E-state index in [4.69, 9.17) is 0 Å². The van der Waals surface area contributed by atoms with Gasteiger partial charge in [-0.3, -0.25) is 9.69 Å². The Balaban J connectivity index is 1.39. The van der Waals surface area contributed by atoms with Crippen molar-refractivity contribution >= 4 is 33.1 Å². The number of amides is 1. The summed E-state index contributed by atoms with van der Waals surface area (Å²) in [6.45, 7) is 4.04. The molecule has 0 unspecified atom stereocenters. The Labute approximate surface area is 157 Å². The molecule has 1 fully saturated rings. The number of aromatic nitrogens is 1. The number of nitrogens with one attached hydrogen (secondary N) is 1. The molecule has 1 aliphatic heterocycles. The van der Waals surface area contributed by atoms with Gasteiger partial charge in [-0.15, -0.1) is 11.3 Å². The fourth-order valence-electron chi connectivity index (χ4n) is 3.42. The molecular weight excluding hydrogens is 342 g/mol. The summed E-state index contributed by atoms with van der Waals surface area (Å²) < 4.78 is 1.22. The highest BCUT2D eigenvalue weighted by molar-refractivity contribution is 7.18. The van der Waals surface area contributed by atoms with Crippen molar-refractivity contribution in [2.45, 2.75) is 32.2 Å². The molecule has 1 saturated heterocycles. The molecule has 134 valence electrons. The van der Waals surface area contributed by atoms with Crippen molar-refractivity contribution in [3.8, 4) is 0 Å². The Morgan fingerprint density at radius 2 is 1.88 bits per heavy atom. The number of likely N-dealkylation sites (tertiary alicyclic amines) is 1. The van der Waals surface area contributed by atoms with Crippen LogP contribution in [0.2, 0.25) is 0 Å². The second-order valence-corrected chi connectivity index (χ2v) is 7.97. The standard InChI is InChI=1S/C21H23N3OS/c1-15(24-12-4-5-13-24)21(25)22-17-10-8-16(9-11-17)14-20-23-18-6-2-3-7-19(18)26-20/h2-3,6-11,15H,4-5,12-14H2,1H3,(H,22,25)/t15-/m1/s1. The minimum absolute atomic E-state index is 0.0695. The number of carbonyl (C=O) groups is 1. The molecule has 0 bridgehead atoms. The molecule has 0 aliphatic carbocycles. The van der Waals surface area contributed by atoms with E-state index in [-0.39, 0.29) is 11.9 Å². The van der Waals surface area contributed by atoms with Crippen LogP contribution in [0.25, 0.3) is 10.2 Å². The quantitative estimate of drug-likeness (QED) is 0.733. The SMILES string of the molecule is C[C@H](C(=O)Nc1ccc(Cc2nc3ccccc3s2)cc1)N1CCCC1. The average molecular weight is 366 g/mol. The Morgan fingerprint density at radius 1 is 1.15 bits per heavy atom. The van der Waals surface area contributed by atoms with E-state index in [0.717, 1.165) is 35.7 Å². The molecule has 0 radical (unpaired) electrons. The highest BCUT2D eigenvalue weighted by Crippen LogP contribution is 2.24. The lowest BCUT2D eigenvalue weighted by Gasteiger charge is -2.22. The first-order valence-corrected chi connectivity index (χ1v) is 9.99. The van der Waals surface area contributed by atoms with Gasteiger partial charge in [-0.1, -0.05) is 24.3 Å². The van der Waals surface area contributed by atoms with Gasteiger partial charge in [-0.05, 0) is 62.7 Å². The Hall–Kier alpha value is -2.24. The smallest absolute Gasteiger partial charge is 0.241 e. The number of rotatable bonds is 5. The Kier molecular flexibility index (Phi) is 5.00. The topological polar surface area (TPSA) is 45.2 Å². The number of nitrogens with zero attached hydrogens (tertiary/aromatic N) is 2. The summed E-state index contributed by atoms with van der Waals surface area (Å²) in [5.74, 6) is 0.0748. The molecule has 4 nitrogen and oxygen atoms in total. The van der Waals surface area contributed by atoms with Crippen LogP contribution in [0.1, 0.15) is 30.3 Å². The van der Waals surface area contributed by atoms with Gasteiger partial charge in [-0.25, -0.2) is 4.98 Å². The van der Waals surface area contributed by atoms with Crippen LogP contribution in [0.4, 0.5) is 5.69 Å². The van der Waals surface area contributed by atoms with Gasteiger partial charge in [0.15, 0.2) is 0 Å². The van der Waals surface area contributed by atoms with Gasteiger partial charge in [0, 0.05) is 12.1 Å². The predicted molar refractivity (Wildman–Crippen MR) is 108 cm³/mol. The normalized spacial score (nSPS) is 16.0. The number of hydrogen-bond acceptors (Lipinski definition) is 4. The minimum atomic E-state index is -0.0695. The molecule has 0 saturated carbocycles. The zero-order chi connectivity index (χ0) is 17.9. The van der Waals surface area contributed by atoms with Crippen molar-refractivity contribution in [2.24, 2.45) is 0 Å². The Morgan fingerprint density at radius 3 is 2.62 bits per heavy atom. The van der Waals surface area contributed by atoms with Crippen LogP contribution in [0.15, 0.2) is 48.5 Å². The number of anilines is 1. The molecule has 1 N–H and O–H groups in total. The number of hydrogen-bond donors (Lipinski definition) is 1. The van der Waals surface area contributed by atoms with Crippen LogP contribution in [0.3, 0.4) is 0 Å². The molecule has 1 aliphatic rings. The van der Waals surface area contributed by atoms with Crippen molar-refractivity contribution in [3.05, 3.63) is 59.1 Å². The number of fused-ring (bicyclic) bond motifs is 1. The van der Waals surface area contributed by atoms with Crippen LogP contribution in [0.5, 0.6) is 0 Å². The van der Waals surface area contributed by atoms with Crippen LogP contribution in [-0.2, 0) is 11.2 Å². The molecule has 5 heteroatoms. The van der Waals surface area contributed by atoms with Crippen molar-refractivity contribution in [3.63, 3.8) is 0 Å². The molecule has 4 rings (SSSR count). The van der Waals surface area contributed by atoms with Crippen molar-refractivity contribution < 1.29 is 4.79 Å². The molecule has 1 aromatic heterocycles. The molecule has 2 heterocycles. The lowest BCUT2D eigenvalue weighted by atomic mass is 10.1. The summed E-state index contributed by atoms with van der Waals surface area (Å²) in [7, 11) is 0. The number of para-hydroxylation sites is 1. The molecule has 3 aromatic rings. The maximum absolute atomic E-state index is 12.4. The van der Waals surface area contributed by atoms with Crippen LogP contribution in [0, 0.1) is 0 Å². The Bertz CT molecular complexity index is 864. The summed E-state index contributed by atoms with van der Waals surface area (Å²) >= 11 is 1.74. The monoisotopic (exact) mass is 365 g/mol. The van der Waals surface area contributed by atoms with Crippen LogP contribution < -0.4 is 5.32 Å². The zero-order valence-electron chi connectivity index (χ0n) is 14.9. The maximum atomic E-state index is 12.4. The van der Waals surface area contributed by atoms with Gasteiger partial charge in [0.25, 0.3) is 0 Å². The number of benzene rings is 2. The van der Waals surface area contributed by atoms with E-state index < -0.39 is 0 Å². The van der Waals surface area contributed by atoms with Gasteiger partial charge in [-0.2, -0.15) is 0 Å². The van der Waals surface area contributed by atoms with Crippen LogP contribution >= 0.6 is 11.3 Å². The average Bonchev–Trinajstić information content (AvgIpc) is 3.31. The van der Waals surface area contributed by atoms with Gasteiger partial charge in [0.1, 0.15) is 0 Å². The van der Waals surface area contributed by atoms with Crippen molar-refractivity contribution in [1.29, 1.82) is 0 Å². The maximum Gasteiger partial charge on any atom is 0.241 e. The van der Waals surface area contributed by atoms with Gasteiger partial charge in [0.2, 0.25) is 5.91 Å². The third kappa shape index (κ3) is 3.79. The third-order valence-electron chi connectivity index (χ3n) is 4.98. The molecule has 1 amide bonds. The molecule has 26 heavy (non-hydrogen) atoms. The summed E-state index contributed by atoms with van der Waals surface area (Å²) in [6.07, 6.45) is 3.20. The second-order valence-electron chi connectivity index (χ2n) is 6.86. The summed E-state index contributed by atoms with van der Waals surface area (Å²) in [4.78, 5) is 19.3. The van der Waals surface area contributed by atoms with E-state index >= 15 is 0 Å². The number of carbonyl (C=O) groups excluding carboxylic acids is 1. The lowest BCUT2D eigenvalue weighted by molar-refractivity contribution is -0.120. The van der Waals surface area contributed by atoms with Gasteiger partial charge >= 0.3 is 0 Å². The summed E-state index contributed by atoms with van der Waals surface area (Å²) in [5, 5.41) is 4.15. The second kappa shape index (κ2) is 7.56. The van der Waals surface area contributed by atoms with E-state index in [1.807, 2.05) is 31.2 Å². The zero-order valence-corrected chi connectivity index (χ0v) is 15.8. The van der Waals surface area contributed by atoms with E-state index in [1.165, 1.54) is 23.1 Å². The highest BCUT2D eigenvalue weighted by Gasteiger charge is 2.23. The molecule has 1 atom stereocenters. The summed E-state index contributed by atoms with van der Waals surface area (Å²) in [5.41, 5.74) is 3.12. The third-order valence-corrected chi connectivity index (χ3v) is 6.02. The first-order valence-electron chi connectivity index (χ1n) is 9.17. The fourth-order valence-corrected chi connectivity index (χ4v) is 4.42. The molecular formula is C21H23N3OS. The van der Waals surface area contributed by atoms with Gasteiger partial charge < -0.3 is 5.32 Å². The van der Waals surface area contributed by atoms with Gasteiger partial charge in [0.05, 0.1) is 21.3 Å². The highest BCUT2D eigenvalue weighted by atomic mass is 32.1. The van der Waals surface area contributed by atoms with Crippen molar-refractivity contribution in [2.75, 3.05) is 18.4 Å². The lowest BCUT2D eigenvalue weighted by Crippen LogP contribution is -2.40. The summed E-state index contributed by atoms with van der Waals surface area (Å²) in [6, 6.07) is 16.3. The molecule has 2 aromatic carbocycles. The predicted octanol–water partition coefficient (Wildman–Crippen LogP) is 4.31. The van der Waals surface area contributed by atoms with E-state index in [1.54, 1.807) is 11.3 Å². The van der Waals surface area contributed by atoms with E-state index in [2.05, 4.69) is 39.5 Å².